The van der Waals surface area contributed by atoms with E-state index in [1.807, 2.05) is 42.9 Å². The Bertz CT molecular complexity index is 878. The average molecular weight is 445 g/mol. The number of halogens is 3. The molecule has 9 nitrogen and oxygen atoms in total. The molecule has 1 amide bonds. The normalized spacial score (nSPS) is 13.6. The molecule has 172 valence electrons. The molecule has 0 fully saturated rings. The Kier molecular flexibility index (Phi) is 8.22. The van der Waals surface area contributed by atoms with E-state index in [1.54, 1.807) is 6.20 Å². The minimum Gasteiger partial charge on any atom is -0.475 e. The quantitative estimate of drug-likeness (QED) is 0.656. The number of H-pyrrole nitrogens is 1. The van der Waals surface area contributed by atoms with Crippen molar-refractivity contribution in [3.8, 4) is 0 Å². The maximum Gasteiger partial charge on any atom is 0.490 e. The number of hydrogen-bond donors (Lipinski definition) is 2. The molecule has 1 aliphatic heterocycles. The minimum atomic E-state index is -5.08. The van der Waals surface area contributed by atoms with Crippen LogP contribution in [0.25, 0.3) is 0 Å². The molecule has 1 aliphatic rings. The summed E-state index contributed by atoms with van der Waals surface area (Å²) in [7, 11) is 6.01. The van der Waals surface area contributed by atoms with Gasteiger partial charge in [-0.25, -0.2) is 4.79 Å². The molecule has 0 saturated carbocycles. The smallest absolute Gasteiger partial charge is 0.475 e. The highest BCUT2D eigenvalue weighted by Crippen LogP contribution is 2.23. The second kappa shape index (κ2) is 10.4. The highest BCUT2D eigenvalue weighted by Gasteiger charge is 2.38. The number of amides is 1. The molecular formula is C19H26F3N5O4. The molecule has 0 aliphatic carbocycles. The molecule has 3 rings (SSSR count). The number of nitrogens with one attached hydrogen (secondary N) is 1. The van der Waals surface area contributed by atoms with E-state index in [1.165, 1.54) is 5.69 Å². The summed E-state index contributed by atoms with van der Waals surface area (Å²) in [6.07, 6.45) is -2.49. The SMILES string of the molecule is CN(C)CCOCc1nn(C)c2c1CN(C(=O)c1ccc[nH]1)CC2.O=C(O)C(F)(F)F. The molecule has 3 heterocycles. The maximum atomic E-state index is 12.6. The van der Waals surface area contributed by atoms with Crippen molar-refractivity contribution in [1.29, 1.82) is 0 Å². The highest BCUT2D eigenvalue weighted by atomic mass is 19.4. The van der Waals surface area contributed by atoms with Crippen molar-refractivity contribution < 1.29 is 32.6 Å². The first-order valence-electron chi connectivity index (χ1n) is 9.49. The molecule has 0 radical (unpaired) electrons. The third-order valence-corrected chi connectivity index (χ3v) is 4.61. The van der Waals surface area contributed by atoms with Crippen LogP contribution in [0.15, 0.2) is 18.3 Å². The number of aryl methyl sites for hydroxylation is 1. The lowest BCUT2D eigenvalue weighted by Crippen LogP contribution is -2.36. The number of alkyl halides is 3. The lowest BCUT2D eigenvalue weighted by atomic mass is 10.0. The summed E-state index contributed by atoms with van der Waals surface area (Å²) >= 11 is 0. The van der Waals surface area contributed by atoms with Crippen LogP contribution >= 0.6 is 0 Å². The van der Waals surface area contributed by atoms with Crippen LogP contribution in [-0.4, -0.2) is 81.5 Å². The molecule has 0 atom stereocenters. The molecule has 31 heavy (non-hydrogen) atoms. The number of ether oxygens (including phenoxy) is 1. The first-order valence-corrected chi connectivity index (χ1v) is 9.49. The van der Waals surface area contributed by atoms with Crippen LogP contribution in [0.5, 0.6) is 0 Å². The number of likely N-dealkylation sites (N-methyl/N-ethyl adjacent to an activating group) is 1. The molecule has 2 N–H and O–H groups in total. The second-order valence-corrected chi connectivity index (χ2v) is 7.21. The predicted octanol–water partition coefficient (Wildman–Crippen LogP) is 1.66. The van der Waals surface area contributed by atoms with Gasteiger partial charge in [0.25, 0.3) is 5.91 Å². The van der Waals surface area contributed by atoms with Crippen LogP contribution in [0.3, 0.4) is 0 Å². The monoisotopic (exact) mass is 445 g/mol. The Hall–Kier alpha value is -2.86. The van der Waals surface area contributed by atoms with E-state index in [-0.39, 0.29) is 5.91 Å². The summed E-state index contributed by atoms with van der Waals surface area (Å²) < 4.78 is 39.4. The number of carboxylic acid groups (broad SMARTS) is 1. The standard InChI is InChI=1S/C17H25N5O2.C2HF3O2/c1-20(2)9-10-24-12-15-13-11-22(8-6-16(13)21(3)19-15)17(23)14-5-4-7-18-14;3-2(4,5)1(6)7/h4-5,7,18H,6,8-12H2,1-3H3;(H,6,7). The molecule has 2 aromatic heterocycles. The highest BCUT2D eigenvalue weighted by molar-refractivity contribution is 5.92. The van der Waals surface area contributed by atoms with Gasteiger partial charge in [0.1, 0.15) is 5.69 Å². The molecule has 0 saturated heterocycles. The minimum absolute atomic E-state index is 0.0361. The van der Waals surface area contributed by atoms with Gasteiger partial charge in [-0.05, 0) is 26.2 Å². The zero-order chi connectivity index (χ0) is 23.2. The van der Waals surface area contributed by atoms with Crippen LogP contribution in [0.4, 0.5) is 13.2 Å². The van der Waals surface area contributed by atoms with Gasteiger partial charge in [0.15, 0.2) is 0 Å². The number of hydrogen-bond acceptors (Lipinski definition) is 5. The fourth-order valence-electron chi connectivity index (χ4n) is 3.01. The van der Waals surface area contributed by atoms with Crippen LogP contribution in [-0.2, 0) is 36.2 Å². The number of fused-ring (bicyclic) bond motifs is 1. The average Bonchev–Trinajstić information content (AvgIpc) is 3.33. The summed E-state index contributed by atoms with van der Waals surface area (Å²) in [4.78, 5) is 28.4. The lowest BCUT2D eigenvalue weighted by molar-refractivity contribution is -0.192. The van der Waals surface area contributed by atoms with Gasteiger partial charge >= 0.3 is 12.1 Å². The topological polar surface area (TPSA) is 104 Å². The van der Waals surface area contributed by atoms with Gasteiger partial charge in [-0.15, -0.1) is 0 Å². The van der Waals surface area contributed by atoms with Gasteiger partial charge in [-0.2, -0.15) is 18.3 Å². The van der Waals surface area contributed by atoms with Crippen LogP contribution in [0.1, 0.15) is 27.4 Å². The van der Waals surface area contributed by atoms with Crippen molar-refractivity contribution in [2.24, 2.45) is 7.05 Å². The zero-order valence-corrected chi connectivity index (χ0v) is 17.6. The number of aromatic amines is 1. The lowest BCUT2D eigenvalue weighted by Gasteiger charge is -2.27. The summed E-state index contributed by atoms with van der Waals surface area (Å²) in [5.41, 5.74) is 3.91. The number of nitrogens with zero attached hydrogens (tertiary/aromatic N) is 4. The molecule has 0 bridgehead atoms. The fourth-order valence-corrected chi connectivity index (χ4v) is 3.01. The number of aromatic nitrogens is 3. The van der Waals surface area contributed by atoms with Crippen LogP contribution < -0.4 is 0 Å². The van der Waals surface area contributed by atoms with E-state index in [9.17, 15) is 18.0 Å². The van der Waals surface area contributed by atoms with Crippen molar-refractivity contribution in [1.82, 2.24) is 24.6 Å². The van der Waals surface area contributed by atoms with E-state index < -0.39 is 12.1 Å². The Morgan fingerprint density at radius 1 is 1.35 bits per heavy atom. The summed E-state index contributed by atoms with van der Waals surface area (Å²) in [5, 5.41) is 11.7. The molecular weight excluding hydrogens is 419 g/mol. The van der Waals surface area contributed by atoms with Crippen molar-refractivity contribution in [2.75, 3.05) is 33.8 Å². The Morgan fingerprint density at radius 2 is 2.03 bits per heavy atom. The van der Waals surface area contributed by atoms with Gasteiger partial charge in [-0.3, -0.25) is 9.48 Å². The first kappa shape index (κ1) is 24.4. The molecule has 0 unspecified atom stereocenters. The van der Waals surface area contributed by atoms with E-state index in [4.69, 9.17) is 14.6 Å². The molecule has 12 heteroatoms. The van der Waals surface area contributed by atoms with E-state index in [0.29, 0.717) is 32.0 Å². The summed E-state index contributed by atoms with van der Waals surface area (Å²) in [6, 6.07) is 3.66. The van der Waals surface area contributed by atoms with Gasteiger partial charge in [0, 0.05) is 50.6 Å². The first-order chi connectivity index (χ1) is 14.5. The number of aliphatic carboxylic acids is 1. The molecule has 0 aromatic carbocycles. The summed E-state index contributed by atoms with van der Waals surface area (Å²) in [5.74, 6) is -2.72. The predicted molar refractivity (Wildman–Crippen MR) is 104 cm³/mol. The third-order valence-electron chi connectivity index (χ3n) is 4.61. The molecule has 0 spiro atoms. The van der Waals surface area contributed by atoms with Gasteiger partial charge < -0.3 is 24.6 Å². The summed E-state index contributed by atoms with van der Waals surface area (Å²) in [6.45, 7) is 3.34. The van der Waals surface area contributed by atoms with Crippen molar-refractivity contribution in [3.05, 3.63) is 41.0 Å². The number of rotatable bonds is 6. The molecule has 2 aromatic rings. The van der Waals surface area contributed by atoms with Crippen LogP contribution in [0, 0.1) is 0 Å². The van der Waals surface area contributed by atoms with Gasteiger partial charge in [0.05, 0.1) is 18.9 Å². The van der Waals surface area contributed by atoms with Gasteiger partial charge in [0.2, 0.25) is 0 Å². The largest absolute Gasteiger partial charge is 0.490 e. The van der Waals surface area contributed by atoms with E-state index >= 15 is 0 Å². The Balaban J connectivity index is 0.000000423. The Morgan fingerprint density at radius 3 is 2.58 bits per heavy atom. The third kappa shape index (κ3) is 6.82. The van der Waals surface area contributed by atoms with E-state index in [2.05, 4.69) is 15.0 Å². The number of carbonyl (C=O) groups excluding carboxylic acids is 1. The van der Waals surface area contributed by atoms with Gasteiger partial charge in [-0.1, -0.05) is 0 Å². The van der Waals surface area contributed by atoms with E-state index in [0.717, 1.165) is 24.2 Å². The van der Waals surface area contributed by atoms with Crippen molar-refractivity contribution in [3.63, 3.8) is 0 Å². The second-order valence-electron chi connectivity index (χ2n) is 7.21. The van der Waals surface area contributed by atoms with Crippen molar-refractivity contribution in [2.45, 2.75) is 25.7 Å². The number of carbonyl (C=O) groups is 2. The fraction of sp³-hybridized carbons (Fsp3) is 0.526. The van der Waals surface area contributed by atoms with Crippen molar-refractivity contribution >= 4 is 11.9 Å². The van der Waals surface area contributed by atoms with Crippen LogP contribution in [0.2, 0.25) is 0 Å². The zero-order valence-electron chi connectivity index (χ0n) is 17.6. The number of carboxylic acids is 1. The Labute approximate surface area is 177 Å². The maximum absolute atomic E-state index is 12.6.